The molecule has 0 unspecified atom stereocenters. The second-order valence-corrected chi connectivity index (χ2v) is 9.57. The van der Waals surface area contributed by atoms with Gasteiger partial charge in [0, 0.05) is 29.8 Å². The Bertz CT molecular complexity index is 1280. The fourth-order valence-corrected chi connectivity index (χ4v) is 5.75. The van der Waals surface area contributed by atoms with Crippen LogP contribution in [0.5, 0.6) is 11.5 Å². The van der Waals surface area contributed by atoms with Gasteiger partial charge in [-0.2, -0.15) is 0 Å². The van der Waals surface area contributed by atoms with Crippen LogP contribution in [0, 0.1) is 0 Å². The first-order valence-electron chi connectivity index (χ1n) is 12.3. The molecule has 0 radical (unpaired) electrons. The van der Waals surface area contributed by atoms with Crippen LogP contribution in [0.2, 0.25) is 0 Å². The summed E-state index contributed by atoms with van der Waals surface area (Å²) >= 11 is 5.91. The van der Waals surface area contributed by atoms with E-state index in [2.05, 4.69) is 51.3 Å². The number of nitrogens with one attached hydrogen (secondary N) is 1. The van der Waals surface area contributed by atoms with Gasteiger partial charge in [0.25, 0.3) is 0 Å². The highest BCUT2D eigenvalue weighted by Crippen LogP contribution is 2.44. The molecule has 0 amide bonds. The minimum atomic E-state index is -0.0426. The molecule has 2 fully saturated rings. The molecule has 1 aliphatic heterocycles. The molecule has 4 aromatic rings. The molecule has 0 spiro atoms. The van der Waals surface area contributed by atoms with Crippen molar-refractivity contribution in [1.29, 1.82) is 0 Å². The van der Waals surface area contributed by atoms with Crippen molar-refractivity contribution >= 4 is 23.0 Å². The van der Waals surface area contributed by atoms with Crippen LogP contribution < -0.4 is 15.0 Å². The zero-order chi connectivity index (χ0) is 23.6. The van der Waals surface area contributed by atoms with Crippen LogP contribution in [0.4, 0.5) is 5.69 Å². The number of rotatable bonds is 6. The van der Waals surface area contributed by atoms with E-state index in [0.717, 1.165) is 22.9 Å². The summed E-state index contributed by atoms with van der Waals surface area (Å²) < 4.78 is 8.49. The lowest BCUT2D eigenvalue weighted by Crippen LogP contribution is -2.30. The number of aromatic nitrogens is 2. The number of anilines is 1. The number of pyridine rings is 1. The third kappa shape index (κ3) is 4.30. The highest BCUT2D eigenvalue weighted by atomic mass is 32.1. The molecule has 0 bridgehead atoms. The van der Waals surface area contributed by atoms with E-state index in [1.54, 1.807) is 0 Å². The molecule has 3 heterocycles. The minimum Gasteiger partial charge on any atom is -0.457 e. The molecular formula is C29H28N4OS. The van der Waals surface area contributed by atoms with E-state index in [-0.39, 0.29) is 12.1 Å². The molecule has 1 aliphatic carbocycles. The number of thiocarbonyl (C=S) groups is 1. The maximum absolute atomic E-state index is 6.02. The predicted molar refractivity (Wildman–Crippen MR) is 143 cm³/mol. The average molecular weight is 481 g/mol. The van der Waals surface area contributed by atoms with Crippen LogP contribution in [0.25, 0.3) is 0 Å². The van der Waals surface area contributed by atoms with Gasteiger partial charge in [0.2, 0.25) is 0 Å². The van der Waals surface area contributed by atoms with Gasteiger partial charge in [-0.1, -0.05) is 37.1 Å². The van der Waals surface area contributed by atoms with Crippen molar-refractivity contribution in [3.8, 4) is 11.5 Å². The van der Waals surface area contributed by atoms with E-state index < -0.39 is 0 Å². The Morgan fingerprint density at radius 1 is 0.829 bits per heavy atom. The van der Waals surface area contributed by atoms with Crippen LogP contribution in [0.15, 0.2) is 97.3 Å². The molecule has 2 atom stereocenters. The van der Waals surface area contributed by atoms with Crippen LogP contribution >= 0.6 is 12.2 Å². The van der Waals surface area contributed by atoms with Gasteiger partial charge in [0.15, 0.2) is 5.11 Å². The number of benzene rings is 2. The Morgan fingerprint density at radius 2 is 1.57 bits per heavy atom. The first-order chi connectivity index (χ1) is 17.3. The molecule has 1 saturated carbocycles. The molecule has 2 aliphatic rings. The molecule has 2 aromatic heterocycles. The van der Waals surface area contributed by atoms with Gasteiger partial charge in [-0.25, -0.2) is 0 Å². The zero-order valence-electron chi connectivity index (χ0n) is 19.5. The molecule has 2 aromatic carbocycles. The Morgan fingerprint density at radius 3 is 2.31 bits per heavy atom. The van der Waals surface area contributed by atoms with Crippen molar-refractivity contribution in [2.45, 2.75) is 43.8 Å². The maximum atomic E-state index is 6.02. The molecule has 176 valence electrons. The second-order valence-electron chi connectivity index (χ2n) is 9.18. The Labute approximate surface area is 211 Å². The lowest BCUT2D eigenvalue weighted by molar-refractivity contribution is 0.461. The van der Waals surface area contributed by atoms with Gasteiger partial charge in [0.1, 0.15) is 17.5 Å². The summed E-state index contributed by atoms with van der Waals surface area (Å²) in [7, 11) is 0. The van der Waals surface area contributed by atoms with Crippen molar-refractivity contribution < 1.29 is 4.74 Å². The fraction of sp³-hybridized carbons (Fsp3) is 0.241. The number of nitrogens with zero attached hydrogens (tertiary/aromatic N) is 3. The standard InChI is InChI=1S/C29H28N4OS/c35-29-31-27(25-13-6-7-19-30-25)28(26-14-8-20-32(26)21-9-4-5-10-21)33(29)22-15-17-24(18-16-22)34-23-11-2-1-3-12-23/h1-3,6-8,11-21,27-28H,4-5,9-10H2,(H,31,35)/t27-,28+/m1/s1. The normalized spacial score (nSPS) is 20.2. The van der Waals surface area contributed by atoms with Crippen LogP contribution in [0.3, 0.4) is 0 Å². The number of ether oxygens (including phenoxy) is 1. The Hall–Kier alpha value is -3.64. The Kier molecular flexibility index (Phi) is 5.96. The number of hydrogen-bond acceptors (Lipinski definition) is 3. The molecular weight excluding hydrogens is 452 g/mol. The molecule has 6 heteroatoms. The smallest absolute Gasteiger partial charge is 0.174 e. The topological polar surface area (TPSA) is 42.3 Å². The average Bonchev–Trinajstić information content (AvgIpc) is 3.65. The van der Waals surface area contributed by atoms with Crippen molar-refractivity contribution in [2.75, 3.05) is 4.90 Å². The maximum Gasteiger partial charge on any atom is 0.174 e. The van der Waals surface area contributed by atoms with E-state index in [1.165, 1.54) is 31.4 Å². The lowest BCUT2D eigenvalue weighted by atomic mass is 10.00. The van der Waals surface area contributed by atoms with E-state index in [9.17, 15) is 0 Å². The molecule has 1 saturated heterocycles. The first-order valence-corrected chi connectivity index (χ1v) is 12.7. The molecule has 5 nitrogen and oxygen atoms in total. The third-order valence-corrected chi connectivity index (χ3v) is 7.34. The second kappa shape index (κ2) is 9.55. The van der Waals surface area contributed by atoms with Crippen LogP contribution in [-0.2, 0) is 0 Å². The van der Waals surface area contributed by atoms with Crippen molar-refractivity contribution in [3.05, 3.63) is 109 Å². The van der Waals surface area contributed by atoms with Crippen molar-refractivity contribution in [1.82, 2.24) is 14.9 Å². The highest BCUT2D eigenvalue weighted by molar-refractivity contribution is 7.80. The summed E-state index contributed by atoms with van der Waals surface area (Å²) in [5.41, 5.74) is 3.29. The first kappa shape index (κ1) is 21.9. The number of para-hydroxylation sites is 1. The summed E-state index contributed by atoms with van der Waals surface area (Å²) in [6, 6.07) is 29.0. The van der Waals surface area contributed by atoms with Crippen LogP contribution in [0.1, 0.15) is 55.2 Å². The van der Waals surface area contributed by atoms with Gasteiger partial charge >= 0.3 is 0 Å². The quantitative estimate of drug-likeness (QED) is 0.302. The van der Waals surface area contributed by atoms with Gasteiger partial charge in [-0.05, 0) is 85.7 Å². The van der Waals surface area contributed by atoms with Crippen molar-refractivity contribution in [2.24, 2.45) is 0 Å². The summed E-state index contributed by atoms with van der Waals surface area (Å²) in [5, 5.41) is 4.29. The van der Waals surface area contributed by atoms with Crippen molar-refractivity contribution in [3.63, 3.8) is 0 Å². The van der Waals surface area contributed by atoms with E-state index >= 15 is 0 Å². The van der Waals surface area contributed by atoms with Gasteiger partial charge in [0.05, 0.1) is 11.7 Å². The van der Waals surface area contributed by atoms with E-state index in [1.807, 2.05) is 60.8 Å². The Balaban J connectivity index is 1.37. The largest absolute Gasteiger partial charge is 0.457 e. The van der Waals surface area contributed by atoms with E-state index in [4.69, 9.17) is 21.9 Å². The zero-order valence-corrected chi connectivity index (χ0v) is 20.3. The highest BCUT2D eigenvalue weighted by Gasteiger charge is 2.42. The van der Waals surface area contributed by atoms with Crippen LogP contribution in [-0.4, -0.2) is 14.7 Å². The summed E-state index contributed by atoms with van der Waals surface area (Å²) in [6.07, 6.45) is 9.13. The number of hydrogen-bond donors (Lipinski definition) is 1. The third-order valence-electron chi connectivity index (χ3n) is 7.02. The molecule has 35 heavy (non-hydrogen) atoms. The van der Waals surface area contributed by atoms with E-state index in [0.29, 0.717) is 11.2 Å². The monoisotopic (exact) mass is 480 g/mol. The molecule has 1 N–H and O–H groups in total. The minimum absolute atomic E-state index is 0.00566. The SMILES string of the molecule is S=C1N[C@H](c2ccccn2)[C@H](c2cccn2C2CCCC2)N1c1ccc(Oc2ccccc2)cc1. The molecule has 6 rings (SSSR count). The summed E-state index contributed by atoms with van der Waals surface area (Å²) in [5.74, 6) is 1.62. The van der Waals surface area contributed by atoms with Gasteiger partial charge in [-0.3, -0.25) is 4.98 Å². The van der Waals surface area contributed by atoms with Gasteiger partial charge < -0.3 is 19.5 Å². The predicted octanol–water partition coefficient (Wildman–Crippen LogP) is 6.97. The summed E-state index contributed by atoms with van der Waals surface area (Å²) in [4.78, 5) is 6.93. The lowest BCUT2D eigenvalue weighted by Gasteiger charge is -2.30. The summed E-state index contributed by atoms with van der Waals surface area (Å²) in [6.45, 7) is 0. The fourth-order valence-electron chi connectivity index (χ4n) is 5.41. The van der Waals surface area contributed by atoms with Gasteiger partial charge in [-0.15, -0.1) is 0 Å².